The molecule has 1 aromatic heterocycles. The van der Waals surface area contributed by atoms with E-state index in [0.717, 1.165) is 24.4 Å². The standard InChI is InChI=1S/C11H19N3O2S2/c1-14-5-4-9(8-14)7-13-18(15,16)11-3-2-10(6-12)17-11/h2-3,9,13H,4-8,12H2,1H3. The maximum Gasteiger partial charge on any atom is 0.250 e. The van der Waals surface area contributed by atoms with Crippen LogP contribution in [0.1, 0.15) is 11.3 Å². The van der Waals surface area contributed by atoms with Gasteiger partial charge in [0.25, 0.3) is 0 Å². The Kier molecular flexibility index (Phi) is 4.39. The van der Waals surface area contributed by atoms with Crippen LogP contribution in [0.25, 0.3) is 0 Å². The lowest BCUT2D eigenvalue weighted by Gasteiger charge is -2.11. The molecule has 0 radical (unpaired) electrons. The van der Waals surface area contributed by atoms with Gasteiger partial charge in [-0.25, -0.2) is 13.1 Å². The van der Waals surface area contributed by atoms with Gasteiger partial charge in [-0.15, -0.1) is 11.3 Å². The van der Waals surface area contributed by atoms with Gasteiger partial charge in [-0.2, -0.15) is 0 Å². The van der Waals surface area contributed by atoms with Crippen molar-refractivity contribution in [3.8, 4) is 0 Å². The van der Waals surface area contributed by atoms with Crippen LogP contribution in [0.3, 0.4) is 0 Å². The van der Waals surface area contributed by atoms with Crippen molar-refractivity contribution >= 4 is 21.4 Å². The van der Waals surface area contributed by atoms with Crippen LogP contribution in [-0.2, 0) is 16.6 Å². The van der Waals surface area contributed by atoms with Crippen LogP contribution in [-0.4, -0.2) is 40.0 Å². The molecule has 0 spiro atoms. The maximum absolute atomic E-state index is 12.0. The van der Waals surface area contributed by atoms with Gasteiger partial charge in [0.1, 0.15) is 4.21 Å². The summed E-state index contributed by atoms with van der Waals surface area (Å²) in [4.78, 5) is 3.10. The largest absolute Gasteiger partial charge is 0.326 e. The third-order valence-corrected chi connectivity index (χ3v) is 6.18. The first kappa shape index (κ1) is 14.0. The van der Waals surface area contributed by atoms with Gasteiger partial charge in [0.15, 0.2) is 0 Å². The van der Waals surface area contributed by atoms with Crippen LogP contribution in [0, 0.1) is 5.92 Å². The summed E-state index contributed by atoms with van der Waals surface area (Å²) in [6.45, 7) is 2.90. The fourth-order valence-corrected chi connectivity index (χ4v) is 4.50. The highest BCUT2D eigenvalue weighted by Crippen LogP contribution is 2.21. The molecule has 0 amide bonds. The van der Waals surface area contributed by atoms with Gasteiger partial charge in [-0.3, -0.25) is 0 Å². The lowest BCUT2D eigenvalue weighted by atomic mass is 10.1. The molecule has 18 heavy (non-hydrogen) atoms. The summed E-state index contributed by atoms with van der Waals surface area (Å²) < 4.78 is 27.1. The molecule has 2 rings (SSSR count). The first-order valence-electron chi connectivity index (χ1n) is 5.98. The molecule has 0 bridgehead atoms. The van der Waals surface area contributed by atoms with Crippen LogP contribution in [0.4, 0.5) is 0 Å². The fraction of sp³-hybridized carbons (Fsp3) is 0.636. The minimum atomic E-state index is -3.36. The Bertz CT molecular complexity index is 498. The Morgan fingerprint density at radius 2 is 2.33 bits per heavy atom. The van der Waals surface area contributed by atoms with E-state index in [9.17, 15) is 8.42 Å². The van der Waals surface area contributed by atoms with Gasteiger partial charge >= 0.3 is 0 Å². The monoisotopic (exact) mass is 289 g/mol. The van der Waals surface area contributed by atoms with E-state index in [1.54, 1.807) is 12.1 Å². The van der Waals surface area contributed by atoms with Crippen LogP contribution in [0.5, 0.6) is 0 Å². The molecule has 7 heteroatoms. The lowest BCUT2D eigenvalue weighted by molar-refractivity contribution is 0.394. The number of rotatable bonds is 5. The van der Waals surface area contributed by atoms with Gasteiger partial charge in [-0.05, 0) is 38.1 Å². The number of hydrogen-bond acceptors (Lipinski definition) is 5. The first-order valence-corrected chi connectivity index (χ1v) is 8.28. The summed E-state index contributed by atoms with van der Waals surface area (Å²) in [5, 5.41) is 0. The summed E-state index contributed by atoms with van der Waals surface area (Å²) in [6, 6.07) is 3.39. The molecule has 102 valence electrons. The predicted molar refractivity (Wildman–Crippen MR) is 73.0 cm³/mol. The Labute approximate surface area is 112 Å². The number of nitrogens with one attached hydrogen (secondary N) is 1. The Morgan fingerprint density at radius 3 is 2.89 bits per heavy atom. The van der Waals surface area contributed by atoms with Gasteiger partial charge in [-0.1, -0.05) is 0 Å². The van der Waals surface area contributed by atoms with Crippen molar-refractivity contribution in [3.63, 3.8) is 0 Å². The molecule has 1 fully saturated rings. The molecule has 1 saturated heterocycles. The average molecular weight is 289 g/mol. The van der Waals surface area contributed by atoms with E-state index in [1.807, 2.05) is 0 Å². The van der Waals surface area contributed by atoms with E-state index >= 15 is 0 Å². The minimum Gasteiger partial charge on any atom is -0.326 e. The third-order valence-electron chi connectivity index (χ3n) is 3.15. The molecule has 0 aromatic carbocycles. The molecule has 0 saturated carbocycles. The molecular formula is C11H19N3O2S2. The van der Waals surface area contributed by atoms with E-state index in [1.165, 1.54) is 11.3 Å². The normalized spacial score (nSPS) is 21.6. The molecule has 1 aromatic rings. The quantitative estimate of drug-likeness (QED) is 0.824. The fourth-order valence-electron chi connectivity index (χ4n) is 2.10. The summed E-state index contributed by atoms with van der Waals surface area (Å²) in [5.74, 6) is 0.415. The highest BCUT2D eigenvalue weighted by atomic mass is 32.2. The number of nitrogens with zero attached hydrogens (tertiary/aromatic N) is 1. The van der Waals surface area contributed by atoms with E-state index in [2.05, 4.69) is 16.7 Å². The second kappa shape index (κ2) is 5.66. The van der Waals surface area contributed by atoms with Gasteiger partial charge < -0.3 is 10.6 Å². The third kappa shape index (κ3) is 3.30. The average Bonchev–Trinajstić information content (AvgIpc) is 2.95. The van der Waals surface area contributed by atoms with Crippen molar-refractivity contribution in [1.82, 2.24) is 9.62 Å². The van der Waals surface area contributed by atoms with Gasteiger partial charge in [0, 0.05) is 24.5 Å². The van der Waals surface area contributed by atoms with Crippen molar-refractivity contribution in [2.45, 2.75) is 17.2 Å². The molecular weight excluding hydrogens is 270 g/mol. The number of thiophene rings is 1. The molecule has 1 atom stereocenters. The Hall–Kier alpha value is -0.470. The van der Waals surface area contributed by atoms with Gasteiger partial charge in [0.2, 0.25) is 10.0 Å². The molecule has 2 heterocycles. The minimum absolute atomic E-state index is 0.356. The SMILES string of the molecule is CN1CCC(CNS(=O)(=O)c2ccc(CN)s2)C1. The lowest BCUT2D eigenvalue weighted by Crippen LogP contribution is -2.30. The van der Waals surface area contributed by atoms with E-state index in [4.69, 9.17) is 5.73 Å². The molecule has 1 aliphatic heterocycles. The number of sulfonamides is 1. The van der Waals surface area contributed by atoms with Gasteiger partial charge in [0.05, 0.1) is 0 Å². The summed E-state index contributed by atoms with van der Waals surface area (Å²) in [5.41, 5.74) is 5.48. The zero-order valence-electron chi connectivity index (χ0n) is 10.4. The number of likely N-dealkylation sites (tertiary alicyclic amines) is 1. The Balaban J connectivity index is 1.95. The topological polar surface area (TPSA) is 75.4 Å². The van der Waals surface area contributed by atoms with Crippen molar-refractivity contribution in [1.29, 1.82) is 0 Å². The predicted octanol–water partition coefficient (Wildman–Crippen LogP) is 0.437. The maximum atomic E-state index is 12.0. The second-order valence-electron chi connectivity index (χ2n) is 4.69. The zero-order valence-corrected chi connectivity index (χ0v) is 12.1. The first-order chi connectivity index (χ1) is 8.51. The summed E-state index contributed by atoms with van der Waals surface area (Å²) in [7, 11) is -1.30. The van der Waals surface area contributed by atoms with Crippen LogP contribution >= 0.6 is 11.3 Å². The van der Waals surface area contributed by atoms with Crippen LogP contribution in [0.15, 0.2) is 16.3 Å². The van der Waals surface area contributed by atoms with Crippen molar-refractivity contribution < 1.29 is 8.42 Å². The van der Waals surface area contributed by atoms with Crippen molar-refractivity contribution in [2.75, 3.05) is 26.7 Å². The molecule has 3 N–H and O–H groups in total. The number of nitrogens with two attached hydrogens (primary N) is 1. The Morgan fingerprint density at radius 1 is 1.56 bits per heavy atom. The van der Waals surface area contributed by atoms with E-state index in [-0.39, 0.29) is 0 Å². The number of hydrogen-bond donors (Lipinski definition) is 2. The smallest absolute Gasteiger partial charge is 0.250 e. The van der Waals surface area contributed by atoms with Crippen molar-refractivity contribution in [3.05, 3.63) is 17.0 Å². The molecule has 0 aliphatic carbocycles. The molecule has 1 unspecified atom stereocenters. The van der Waals surface area contributed by atoms with Crippen molar-refractivity contribution in [2.24, 2.45) is 11.7 Å². The summed E-state index contributed by atoms with van der Waals surface area (Å²) in [6.07, 6.45) is 1.05. The summed E-state index contributed by atoms with van der Waals surface area (Å²) >= 11 is 1.24. The molecule has 1 aliphatic rings. The zero-order chi connectivity index (χ0) is 13.2. The molecule has 5 nitrogen and oxygen atoms in total. The van der Waals surface area contributed by atoms with E-state index < -0.39 is 10.0 Å². The van der Waals surface area contributed by atoms with Crippen LogP contribution < -0.4 is 10.5 Å². The van der Waals surface area contributed by atoms with Crippen LogP contribution in [0.2, 0.25) is 0 Å². The van der Waals surface area contributed by atoms with E-state index in [0.29, 0.717) is 23.2 Å². The second-order valence-corrected chi connectivity index (χ2v) is 7.86. The highest BCUT2D eigenvalue weighted by molar-refractivity contribution is 7.91. The highest BCUT2D eigenvalue weighted by Gasteiger charge is 2.23.